The molecule has 1 amide bonds. The molecule has 0 atom stereocenters. The lowest BCUT2D eigenvalue weighted by molar-refractivity contribution is 0.0739. The molecule has 0 aliphatic rings. The van der Waals surface area contributed by atoms with Gasteiger partial charge in [0.2, 0.25) is 0 Å². The molecule has 3 aromatic carbocycles. The van der Waals surface area contributed by atoms with Crippen LogP contribution >= 0.6 is 22.9 Å². The lowest BCUT2D eigenvalue weighted by Gasteiger charge is -2.08. The van der Waals surface area contributed by atoms with Crippen LogP contribution in [0.25, 0.3) is 10.1 Å². The van der Waals surface area contributed by atoms with Crippen LogP contribution in [-0.2, 0) is 0 Å². The molecular formula is C25H19ClN2O4S. The summed E-state index contributed by atoms with van der Waals surface area (Å²) in [5.74, 6) is -0.0122. The number of hydrogen-bond donors (Lipinski definition) is 1. The van der Waals surface area contributed by atoms with E-state index in [0.717, 1.165) is 10.1 Å². The highest BCUT2D eigenvalue weighted by atomic mass is 35.5. The Balaban J connectivity index is 1.38. The lowest BCUT2D eigenvalue weighted by Crippen LogP contribution is -2.18. The Morgan fingerprint density at radius 1 is 1.03 bits per heavy atom. The van der Waals surface area contributed by atoms with Crippen LogP contribution in [0.2, 0.25) is 5.02 Å². The van der Waals surface area contributed by atoms with Gasteiger partial charge in [0, 0.05) is 10.1 Å². The Labute approximate surface area is 199 Å². The summed E-state index contributed by atoms with van der Waals surface area (Å²) in [6, 6.07) is 21.2. The number of hydrogen-bond acceptors (Lipinski definition) is 6. The van der Waals surface area contributed by atoms with Gasteiger partial charge in [-0.1, -0.05) is 41.9 Å². The third-order valence-electron chi connectivity index (χ3n) is 4.62. The number of carbonyl (C=O) groups is 2. The highest BCUT2D eigenvalue weighted by Gasteiger charge is 2.19. The minimum atomic E-state index is -0.511. The van der Waals surface area contributed by atoms with Gasteiger partial charge in [-0.2, -0.15) is 5.10 Å². The van der Waals surface area contributed by atoms with Crippen molar-refractivity contribution in [3.8, 4) is 11.5 Å². The van der Waals surface area contributed by atoms with Gasteiger partial charge < -0.3 is 9.47 Å². The summed E-state index contributed by atoms with van der Waals surface area (Å²) < 4.78 is 11.8. The predicted octanol–water partition coefficient (Wildman–Crippen LogP) is 5.94. The van der Waals surface area contributed by atoms with Gasteiger partial charge in [0.05, 0.1) is 23.4 Å². The fourth-order valence-electron chi connectivity index (χ4n) is 3.08. The first-order valence-electron chi connectivity index (χ1n) is 10.1. The summed E-state index contributed by atoms with van der Waals surface area (Å²) in [5.41, 5.74) is 3.60. The van der Waals surface area contributed by atoms with Crippen LogP contribution in [0.1, 0.15) is 32.5 Å². The van der Waals surface area contributed by atoms with Crippen molar-refractivity contribution in [3.05, 3.63) is 93.8 Å². The van der Waals surface area contributed by atoms with Gasteiger partial charge in [-0.25, -0.2) is 10.2 Å². The first-order chi connectivity index (χ1) is 16.1. The number of ether oxygens (including phenoxy) is 2. The van der Waals surface area contributed by atoms with Crippen molar-refractivity contribution in [1.29, 1.82) is 0 Å². The fraction of sp³-hybridized carbons (Fsp3) is 0.0800. The van der Waals surface area contributed by atoms with Gasteiger partial charge in [-0.15, -0.1) is 11.3 Å². The van der Waals surface area contributed by atoms with Gasteiger partial charge in [-0.05, 0) is 55.0 Å². The monoisotopic (exact) mass is 478 g/mol. The Morgan fingerprint density at radius 2 is 1.76 bits per heavy atom. The van der Waals surface area contributed by atoms with Gasteiger partial charge in [0.1, 0.15) is 16.4 Å². The number of para-hydroxylation sites is 1. The van der Waals surface area contributed by atoms with E-state index in [1.807, 2.05) is 31.2 Å². The van der Waals surface area contributed by atoms with Crippen molar-refractivity contribution in [1.82, 2.24) is 5.43 Å². The zero-order chi connectivity index (χ0) is 23.2. The molecule has 1 N–H and O–H groups in total. The van der Waals surface area contributed by atoms with Crippen molar-refractivity contribution in [2.75, 3.05) is 6.61 Å². The van der Waals surface area contributed by atoms with Gasteiger partial charge in [0.25, 0.3) is 5.91 Å². The van der Waals surface area contributed by atoms with E-state index in [4.69, 9.17) is 21.1 Å². The summed E-state index contributed by atoms with van der Waals surface area (Å²) >= 11 is 7.64. The molecule has 0 saturated carbocycles. The standard InChI is InChI=1S/C25H19ClN2O4S/c1-2-31-20-9-5-3-7-18(20)24(29)28-27-15-16-11-13-17(14-12-16)32-25(30)23-22(26)19-8-4-6-10-21(19)33-23/h3-15H,2H2,1H3,(H,28,29)/b27-15-. The molecule has 0 fully saturated rings. The molecule has 0 spiro atoms. The second-order valence-corrected chi connectivity index (χ2v) is 8.26. The molecule has 1 aromatic heterocycles. The third kappa shape index (κ3) is 5.22. The molecule has 166 valence electrons. The predicted molar refractivity (Wildman–Crippen MR) is 131 cm³/mol. The van der Waals surface area contributed by atoms with E-state index >= 15 is 0 Å². The first-order valence-corrected chi connectivity index (χ1v) is 11.3. The number of fused-ring (bicyclic) bond motifs is 1. The van der Waals surface area contributed by atoms with Gasteiger partial charge in [-0.3, -0.25) is 4.79 Å². The minimum absolute atomic E-state index is 0.360. The minimum Gasteiger partial charge on any atom is -0.493 e. The molecule has 0 aliphatic carbocycles. The number of hydrazone groups is 1. The number of benzene rings is 3. The molecular weight excluding hydrogens is 460 g/mol. The molecule has 0 unspecified atom stereocenters. The maximum atomic E-state index is 12.6. The number of nitrogens with one attached hydrogen (secondary N) is 1. The van der Waals surface area contributed by atoms with Crippen molar-refractivity contribution >= 4 is 51.1 Å². The summed E-state index contributed by atoms with van der Waals surface area (Å²) in [7, 11) is 0. The normalized spacial score (nSPS) is 11.0. The van der Waals surface area contributed by atoms with Crippen molar-refractivity contribution in [2.45, 2.75) is 6.92 Å². The van der Waals surface area contributed by atoms with Gasteiger partial charge >= 0.3 is 5.97 Å². The smallest absolute Gasteiger partial charge is 0.355 e. The number of nitrogens with zero attached hydrogens (tertiary/aromatic N) is 1. The van der Waals surface area contributed by atoms with Crippen LogP contribution < -0.4 is 14.9 Å². The number of halogens is 1. The SMILES string of the molecule is CCOc1ccccc1C(=O)N/N=C\c1ccc(OC(=O)c2sc3ccccc3c2Cl)cc1. The van der Waals surface area contributed by atoms with Crippen molar-refractivity contribution in [3.63, 3.8) is 0 Å². The summed E-state index contributed by atoms with van der Waals surface area (Å²) in [4.78, 5) is 25.3. The van der Waals surface area contributed by atoms with Gasteiger partial charge in [0.15, 0.2) is 0 Å². The molecule has 0 bridgehead atoms. The average molecular weight is 479 g/mol. The molecule has 33 heavy (non-hydrogen) atoms. The largest absolute Gasteiger partial charge is 0.493 e. The molecule has 4 rings (SSSR count). The third-order valence-corrected chi connectivity index (χ3v) is 6.28. The lowest BCUT2D eigenvalue weighted by atomic mass is 10.2. The highest BCUT2D eigenvalue weighted by Crippen LogP contribution is 2.35. The summed E-state index contributed by atoms with van der Waals surface area (Å²) in [6.07, 6.45) is 1.50. The van der Waals surface area contributed by atoms with Crippen LogP contribution in [0.15, 0.2) is 77.9 Å². The number of esters is 1. The maximum absolute atomic E-state index is 12.6. The van der Waals surface area contributed by atoms with E-state index in [0.29, 0.717) is 39.1 Å². The number of rotatable bonds is 7. The second-order valence-electron chi connectivity index (χ2n) is 6.83. The molecule has 0 aliphatic heterocycles. The molecule has 4 aromatic rings. The van der Waals surface area contributed by atoms with E-state index in [9.17, 15) is 9.59 Å². The topological polar surface area (TPSA) is 77.0 Å². The van der Waals surface area contributed by atoms with Crippen LogP contribution in [0.4, 0.5) is 0 Å². The van der Waals surface area contributed by atoms with E-state index in [-0.39, 0.29) is 5.91 Å². The molecule has 6 nitrogen and oxygen atoms in total. The van der Waals surface area contributed by atoms with Crippen molar-refractivity contribution in [2.24, 2.45) is 5.10 Å². The average Bonchev–Trinajstić information content (AvgIpc) is 3.17. The van der Waals surface area contributed by atoms with E-state index < -0.39 is 5.97 Å². The first kappa shape index (κ1) is 22.5. The van der Waals surface area contributed by atoms with Crippen molar-refractivity contribution < 1.29 is 19.1 Å². The van der Waals surface area contributed by atoms with E-state index in [1.165, 1.54) is 17.6 Å². The summed E-state index contributed by atoms with van der Waals surface area (Å²) in [6.45, 7) is 2.31. The van der Waals surface area contributed by atoms with Crippen LogP contribution in [0, 0.1) is 0 Å². The molecule has 1 heterocycles. The Hall–Kier alpha value is -3.68. The van der Waals surface area contributed by atoms with E-state index in [2.05, 4.69) is 10.5 Å². The maximum Gasteiger partial charge on any atom is 0.355 e. The number of carbonyl (C=O) groups excluding carboxylic acids is 2. The Kier molecular flexibility index (Phi) is 7.02. The Bertz CT molecular complexity index is 1330. The zero-order valence-corrected chi connectivity index (χ0v) is 19.2. The highest BCUT2D eigenvalue weighted by molar-refractivity contribution is 7.21. The van der Waals surface area contributed by atoms with Crippen LogP contribution in [-0.4, -0.2) is 24.7 Å². The molecule has 8 heteroatoms. The van der Waals surface area contributed by atoms with Crippen LogP contribution in [0.5, 0.6) is 11.5 Å². The number of thiophene rings is 1. The fourth-order valence-corrected chi connectivity index (χ4v) is 4.47. The quantitative estimate of drug-likeness (QED) is 0.154. The summed E-state index contributed by atoms with van der Waals surface area (Å²) in [5, 5.41) is 5.21. The Morgan fingerprint density at radius 3 is 2.52 bits per heavy atom. The van der Waals surface area contributed by atoms with Crippen LogP contribution in [0.3, 0.4) is 0 Å². The molecule has 0 saturated heterocycles. The second kappa shape index (κ2) is 10.3. The number of amides is 1. The van der Waals surface area contributed by atoms with E-state index in [1.54, 1.807) is 48.5 Å². The zero-order valence-electron chi connectivity index (χ0n) is 17.6. The molecule has 0 radical (unpaired) electrons.